The van der Waals surface area contributed by atoms with Crippen LogP contribution in [0.3, 0.4) is 0 Å². The van der Waals surface area contributed by atoms with Crippen LogP contribution in [0.25, 0.3) is 0 Å². The van der Waals surface area contributed by atoms with E-state index in [1.54, 1.807) is 7.11 Å². The maximum atomic E-state index is 6.22. The fourth-order valence-electron chi connectivity index (χ4n) is 1.29. The molecule has 0 amide bonds. The van der Waals surface area contributed by atoms with Crippen LogP contribution in [0.5, 0.6) is 0 Å². The van der Waals surface area contributed by atoms with E-state index in [0.29, 0.717) is 0 Å². The van der Waals surface area contributed by atoms with Gasteiger partial charge in [0.1, 0.15) is 0 Å². The summed E-state index contributed by atoms with van der Waals surface area (Å²) in [7, 11) is 5.89. The first kappa shape index (κ1) is 14.9. The van der Waals surface area contributed by atoms with E-state index in [1.165, 1.54) is 0 Å². The van der Waals surface area contributed by atoms with Crippen molar-refractivity contribution in [3.8, 4) is 0 Å². The molecule has 0 radical (unpaired) electrons. The van der Waals surface area contributed by atoms with Crippen molar-refractivity contribution >= 4 is 0 Å². The Labute approximate surface area is 95.0 Å². The Kier molecular flexibility index (Phi) is 5.24. The van der Waals surface area contributed by atoms with Gasteiger partial charge in [-0.2, -0.15) is 0 Å². The van der Waals surface area contributed by atoms with Crippen LogP contribution in [0.2, 0.25) is 0 Å². The minimum Gasteiger partial charge on any atom is -0.379 e. The summed E-state index contributed by atoms with van der Waals surface area (Å²) < 4.78 is 5.39. The van der Waals surface area contributed by atoms with E-state index in [9.17, 15) is 0 Å². The van der Waals surface area contributed by atoms with E-state index in [0.717, 1.165) is 12.8 Å². The molecular weight excluding hydrogens is 188 g/mol. The number of hydrogen-bond acceptors (Lipinski definition) is 3. The van der Waals surface area contributed by atoms with Crippen LogP contribution in [0.1, 0.15) is 40.5 Å². The largest absolute Gasteiger partial charge is 0.379 e. The molecule has 0 aliphatic heterocycles. The smallest absolute Gasteiger partial charge is 0.0623 e. The van der Waals surface area contributed by atoms with Gasteiger partial charge in [-0.1, -0.05) is 0 Å². The van der Waals surface area contributed by atoms with Gasteiger partial charge >= 0.3 is 0 Å². The molecule has 0 bridgehead atoms. The quantitative estimate of drug-likeness (QED) is 0.736. The van der Waals surface area contributed by atoms with E-state index >= 15 is 0 Å². The van der Waals surface area contributed by atoms with Crippen LogP contribution in [0.4, 0.5) is 0 Å². The maximum Gasteiger partial charge on any atom is 0.0623 e. The average molecular weight is 216 g/mol. The van der Waals surface area contributed by atoms with Crippen molar-refractivity contribution in [3.05, 3.63) is 0 Å². The van der Waals surface area contributed by atoms with Gasteiger partial charge in [-0.05, 0) is 54.6 Å². The highest BCUT2D eigenvalue weighted by Gasteiger charge is 2.30. The molecule has 0 aliphatic rings. The second-order valence-corrected chi connectivity index (χ2v) is 5.66. The number of likely N-dealkylation sites (N-methyl/N-ethyl adjacent to an activating group) is 1. The third-order valence-electron chi connectivity index (χ3n) is 3.67. The monoisotopic (exact) mass is 216 g/mol. The summed E-state index contributed by atoms with van der Waals surface area (Å²) >= 11 is 0. The lowest BCUT2D eigenvalue weighted by molar-refractivity contribution is 0.00815. The fraction of sp³-hybridized carbons (Fsp3) is 1.00. The van der Waals surface area contributed by atoms with E-state index in [2.05, 4.69) is 46.7 Å². The summed E-state index contributed by atoms with van der Waals surface area (Å²) in [6, 6.07) is 0.168. The molecule has 0 aromatic rings. The fourth-order valence-corrected chi connectivity index (χ4v) is 1.29. The number of methoxy groups -OCH3 is 1. The van der Waals surface area contributed by atoms with Gasteiger partial charge in [0.2, 0.25) is 0 Å². The number of nitrogens with zero attached hydrogens (tertiary/aromatic N) is 1. The molecule has 0 aromatic carbocycles. The third-order valence-corrected chi connectivity index (χ3v) is 3.67. The molecule has 92 valence electrons. The van der Waals surface area contributed by atoms with Crippen molar-refractivity contribution in [1.82, 2.24) is 4.90 Å². The Hall–Kier alpha value is -0.120. The summed E-state index contributed by atoms with van der Waals surface area (Å²) in [5.41, 5.74) is 6.18. The zero-order chi connectivity index (χ0) is 12.3. The Balaban J connectivity index is 4.20. The van der Waals surface area contributed by atoms with Gasteiger partial charge in [0.05, 0.1) is 5.60 Å². The van der Waals surface area contributed by atoms with Gasteiger partial charge in [0, 0.05) is 18.7 Å². The first-order valence-corrected chi connectivity index (χ1v) is 5.61. The van der Waals surface area contributed by atoms with Crippen LogP contribution in [-0.2, 0) is 4.74 Å². The standard InChI is InChI=1S/C12H28N2O/c1-11(2,15-7)9-8-10(13)12(3,4)14(5)6/h10H,8-9,13H2,1-7H3. The Morgan fingerprint density at radius 2 is 1.67 bits per heavy atom. The van der Waals surface area contributed by atoms with Gasteiger partial charge in [0.25, 0.3) is 0 Å². The van der Waals surface area contributed by atoms with E-state index in [1.807, 2.05) is 0 Å². The van der Waals surface area contributed by atoms with Crippen molar-refractivity contribution < 1.29 is 4.74 Å². The summed E-state index contributed by atoms with van der Waals surface area (Å²) in [6.07, 6.45) is 1.97. The first-order chi connectivity index (χ1) is 6.63. The molecule has 0 fully saturated rings. The van der Waals surface area contributed by atoms with Gasteiger partial charge in [0.15, 0.2) is 0 Å². The Morgan fingerprint density at radius 3 is 2.00 bits per heavy atom. The predicted molar refractivity (Wildman–Crippen MR) is 66.1 cm³/mol. The molecule has 0 heterocycles. The van der Waals surface area contributed by atoms with Crippen molar-refractivity contribution in [2.75, 3.05) is 21.2 Å². The zero-order valence-corrected chi connectivity index (χ0v) is 11.4. The number of nitrogens with two attached hydrogens (primary N) is 1. The predicted octanol–water partition coefficient (Wildman–Crippen LogP) is 1.86. The second kappa shape index (κ2) is 5.28. The van der Waals surface area contributed by atoms with E-state index in [4.69, 9.17) is 10.5 Å². The molecule has 0 rings (SSSR count). The topological polar surface area (TPSA) is 38.5 Å². The van der Waals surface area contributed by atoms with Gasteiger partial charge in [-0.25, -0.2) is 0 Å². The lowest BCUT2D eigenvalue weighted by Gasteiger charge is -2.39. The molecule has 2 N–H and O–H groups in total. The van der Waals surface area contributed by atoms with Crippen molar-refractivity contribution in [2.24, 2.45) is 5.73 Å². The summed E-state index contributed by atoms with van der Waals surface area (Å²) in [6.45, 7) is 8.56. The van der Waals surface area contributed by atoms with Gasteiger partial charge in [-0.3, -0.25) is 0 Å². The van der Waals surface area contributed by atoms with E-state index < -0.39 is 0 Å². The third kappa shape index (κ3) is 4.49. The lowest BCUT2D eigenvalue weighted by atomic mass is 9.87. The number of ether oxygens (including phenoxy) is 1. The molecule has 0 aromatic heterocycles. The van der Waals surface area contributed by atoms with Crippen LogP contribution in [-0.4, -0.2) is 43.3 Å². The van der Waals surface area contributed by atoms with Crippen LogP contribution in [0.15, 0.2) is 0 Å². The van der Waals surface area contributed by atoms with Crippen LogP contribution >= 0.6 is 0 Å². The average Bonchev–Trinajstić information content (AvgIpc) is 2.14. The van der Waals surface area contributed by atoms with E-state index in [-0.39, 0.29) is 17.2 Å². The van der Waals surface area contributed by atoms with Gasteiger partial charge < -0.3 is 15.4 Å². The summed E-state index contributed by atoms with van der Waals surface area (Å²) in [5, 5.41) is 0. The Morgan fingerprint density at radius 1 is 1.20 bits per heavy atom. The second-order valence-electron chi connectivity index (χ2n) is 5.66. The highest BCUT2D eigenvalue weighted by atomic mass is 16.5. The SMILES string of the molecule is COC(C)(C)CCC(N)C(C)(C)N(C)C. The minimum atomic E-state index is -0.0694. The normalized spacial score (nSPS) is 15.8. The van der Waals surface area contributed by atoms with Crippen molar-refractivity contribution in [3.63, 3.8) is 0 Å². The zero-order valence-electron chi connectivity index (χ0n) is 11.4. The van der Waals surface area contributed by atoms with Crippen molar-refractivity contribution in [1.29, 1.82) is 0 Å². The molecule has 0 saturated carbocycles. The molecule has 1 atom stereocenters. The Bertz CT molecular complexity index is 188. The molecule has 3 nitrogen and oxygen atoms in total. The number of rotatable bonds is 6. The van der Waals surface area contributed by atoms with Crippen molar-refractivity contribution in [2.45, 2.75) is 57.7 Å². The van der Waals surface area contributed by atoms with Crippen LogP contribution in [0, 0.1) is 0 Å². The maximum absolute atomic E-state index is 6.22. The number of hydrogen-bond donors (Lipinski definition) is 1. The highest BCUT2D eigenvalue weighted by molar-refractivity contribution is 4.90. The summed E-state index contributed by atoms with van der Waals surface area (Å²) in [5.74, 6) is 0. The first-order valence-electron chi connectivity index (χ1n) is 5.61. The molecular formula is C12H28N2O. The van der Waals surface area contributed by atoms with Crippen LogP contribution < -0.4 is 5.73 Å². The molecule has 0 saturated heterocycles. The molecule has 15 heavy (non-hydrogen) atoms. The van der Waals surface area contributed by atoms with Gasteiger partial charge in [-0.15, -0.1) is 0 Å². The lowest BCUT2D eigenvalue weighted by Crippen LogP contribution is -2.53. The molecule has 0 spiro atoms. The molecule has 1 unspecified atom stereocenters. The molecule has 0 aliphatic carbocycles. The molecule has 3 heteroatoms. The minimum absolute atomic E-state index is 0.0316. The summed E-state index contributed by atoms with van der Waals surface area (Å²) in [4.78, 5) is 2.18. The highest BCUT2D eigenvalue weighted by Crippen LogP contribution is 2.22.